The van der Waals surface area contributed by atoms with E-state index in [1.165, 1.54) is 5.56 Å². The molecule has 0 saturated carbocycles. The second-order valence-corrected chi connectivity index (χ2v) is 6.49. The van der Waals surface area contributed by atoms with Gasteiger partial charge in [-0.05, 0) is 44.0 Å². The van der Waals surface area contributed by atoms with Crippen molar-refractivity contribution in [2.75, 3.05) is 10.6 Å². The zero-order valence-electron chi connectivity index (χ0n) is 14.5. The summed E-state index contributed by atoms with van der Waals surface area (Å²) in [4.78, 5) is 9.05. The molecule has 0 bridgehead atoms. The maximum atomic E-state index is 6.19. The third kappa shape index (κ3) is 4.48. The number of hydrogen-bond acceptors (Lipinski definition) is 4. The van der Waals surface area contributed by atoms with E-state index in [0.717, 1.165) is 27.8 Å². The second-order valence-electron chi connectivity index (χ2n) is 6.08. The van der Waals surface area contributed by atoms with Crippen molar-refractivity contribution in [3.8, 4) is 0 Å². The van der Waals surface area contributed by atoms with E-state index in [2.05, 4.69) is 39.7 Å². The van der Waals surface area contributed by atoms with Gasteiger partial charge in [-0.2, -0.15) is 4.98 Å². The van der Waals surface area contributed by atoms with Crippen molar-refractivity contribution in [3.63, 3.8) is 0 Å². The van der Waals surface area contributed by atoms with E-state index < -0.39 is 0 Å². The molecule has 0 radical (unpaired) electrons. The van der Waals surface area contributed by atoms with Gasteiger partial charge < -0.3 is 10.6 Å². The number of rotatable bonds is 5. The van der Waals surface area contributed by atoms with Crippen LogP contribution in [0.5, 0.6) is 0 Å². The maximum absolute atomic E-state index is 6.19. The summed E-state index contributed by atoms with van der Waals surface area (Å²) in [7, 11) is 0. The number of aromatic nitrogens is 2. The number of halogens is 1. The van der Waals surface area contributed by atoms with E-state index in [0.29, 0.717) is 5.95 Å². The van der Waals surface area contributed by atoms with Crippen molar-refractivity contribution in [1.82, 2.24) is 9.97 Å². The molecule has 1 heterocycles. The van der Waals surface area contributed by atoms with Crippen molar-refractivity contribution in [2.24, 2.45) is 0 Å². The Bertz CT molecular complexity index is 865. The molecule has 128 valence electrons. The van der Waals surface area contributed by atoms with Gasteiger partial charge in [0.15, 0.2) is 0 Å². The van der Waals surface area contributed by atoms with E-state index in [-0.39, 0.29) is 6.04 Å². The zero-order chi connectivity index (χ0) is 17.8. The zero-order valence-corrected chi connectivity index (χ0v) is 15.3. The van der Waals surface area contributed by atoms with Crippen molar-refractivity contribution in [2.45, 2.75) is 26.8 Å². The van der Waals surface area contributed by atoms with Crippen LogP contribution in [0.2, 0.25) is 5.02 Å². The molecular formula is C20H21ClN4. The first-order chi connectivity index (χ1) is 12.0. The minimum atomic E-state index is 0.115. The number of nitrogens with one attached hydrogen (secondary N) is 2. The minimum Gasteiger partial charge on any atom is -0.348 e. The molecular weight excluding hydrogens is 332 g/mol. The molecule has 0 amide bonds. The van der Waals surface area contributed by atoms with E-state index in [1.54, 1.807) is 0 Å². The first-order valence-electron chi connectivity index (χ1n) is 8.21. The van der Waals surface area contributed by atoms with Crippen molar-refractivity contribution >= 4 is 29.1 Å². The van der Waals surface area contributed by atoms with Crippen LogP contribution >= 0.6 is 11.6 Å². The van der Waals surface area contributed by atoms with Gasteiger partial charge in [0, 0.05) is 22.5 Å². The average molecular weight is 353 g/mol. The maximum Gasteiger partial charge on any atom is 0.225 e. The smallest absolute Gasteiger partial charge is 0.225 e. The van der Waals surface area contributed by atoms with Crippen LogP contribution < -0.4 is 10.6 Å². The lowest BCUT2D eigenvalue weighted by Gasteiger charge is -2.16. The fourth-order valence-electron chi connectivity index (χ4n) is 2.53. The summed E-state index contributed by atoms with van der Waals surface area (Å²) in [6.07, 6.45) is 0. The number of aryl methyl sites for hydroxylation is 2. The molecule has 0 saturated heterocycles. The topological polar surface area (TPSA) is 49.8 Å². The summed E-state index contributed by atoms with van der Waals surface area (Å²) in [6.45, 7) is 6.02. The molecule has 0 aliphatic heterocycles. The quantitative estimate of drug-likeness (QED) is 0.621. The summed E-state index contributed by atoms with van der Waals surface area (Å²) in [5.74, 6) is 1.33. The first kappa shape index (κ1) is 17.2. The third-order valence-electron chi connectivity index (χ3n) is 3.94. The molecule has 2 aromatic carbocycles. The fourth-order valence-corrected chi connectivity index (χ4v) is 2.71. The number of nitrogens with zero attached hydrogens (tertiary/aromatic N) is 2. The summed E-state index contributed by atoms with van der Waals surface area (Å²) in [5.41, 5.74) is 4.02. The van der Waals surface area contributed by atoms with Crippen LogP contribution in [0.4, 0.5) is 17.5 Å². The van der Waals surface area contributed by atoms with Crippen LogP contribution in [-0.2, 0) is 0 Å². The van der Waals surface area contributed by atoms with E-state index >= 15 is 0 Å². The van der Waals surface area contributed by atoms with Crippen molar-refractivity contribution in [3.05, 3.63) is 76.4 Å². The van der Waals surface area contributed by atoms with E-state index in [4.69, 9.17) is 11.6 Å². The SMILES string of the molecule is Cc1cc(Nc2ccc(C)c(Cl)c2)nc(NC(C)c2ccccc2)n1. The van der Waals surface area contributed by atoms with Gasteiger partial charge in [0.05, 0.1) is 6.04 Å². The summed E-state index contributed by atoms with van der Waals surface area (Å²) >= 11 is 6.19. The molecule has 1 atom stereocenters. The number of benzene rings is 2. The minimum absolute atomic E-state index is 0.115. The first-order valence-corrected chi connectivity index (χ1v) is 8.59. The van der Waals surface area contributed by atoms with Gasteiger partial charge in [-0.15, -0.1) is 0 Å². The van der Waals surface area contributed by atoms with E-state index in [1.807, 2.05) is 56.3 Å². The molecule has 2 N–H and O–H groups in total. The van der Waals surface area contributed by atoms with Crippen molar-refractivity contribution in [1.29, 1.82) is 0 Å². The Morgan fingerprint density at radius 1 is 0.960 bits per heavy atom. The highest BCUT2D eigenvalue weighted by molar-refractivity contribution is 6.31. The Morgan fingerprint density at radius 2 is 1.72 bits per heavy atom. The lowest BCUT2D eigenvalue weighted by atomic mass is 10.1. The standard InChI is InChI=1S/C20H21ClN4/c1-13-9-10-17(12-18(13)21)24-19-11-14(2)22-20(25-19)23-15(3)16-7-5-4-6-8-16/h4-12,15H,1-3H3,(H2,22,23,24,25). The van der Waals surface area contributed by atoms with Gasteiger partial charge >= 0.3 is 0 Å². The average Bonchev–Trinajstić information content (AvgIpc) is 2.58. The highest BCUT2D eigenvalue weighted by atomic mass is 35.5. The normalized spacial score (nSPS) is 11.8. The van der Waals surface area contributed by atoms with Gasteiger partial charge in [0.1, 0.15) is 5.82 Å². The predicted molar refractivity (Wildman–Crippen MR) is 105 cm³/mol. The van der Waals surface area contributed by atoms with Crippen LogP contribution in [0, 0.1) is 13.8 Å². The van der Waals surface area contributed by atoms with E-state index in [9.17, 15) is 0 Å². The van der Waals surface area contributed by atoms with Crippen LogP contribution in [-0.4, -0.2) is 9.97 Å². The lowest BCUT2D eigenvalue weighted by Crippen LogP contribution is -2.10. The summed E-state index contributed by atoms with van der Waals surface area (Å²) in [6, 6.07) is 18.1. The van der Waals surface area contributed by atoms with Gasteiger partial charge in [0.2, 0.25) is 5.95 Å². The molecule has 1 unspecified atom stereocenters. The van der Waals surface area contributed by atoms with Crippen molar-refractivity contribution < 1.29 is 0 Å². The fraction of sp³-hybridized carbons (Fsp3) is 0.200. The predicted octanol–water partition coefficient (Wildman–Crippen LogP) is 5.66. The Kier molecular flexibility index (Phi) is 5.19. The van der Waals surface area contributed by atoms with Crippen LogP contribution in [0.3, 0.4) is 0 Å². The van der Waals surface area contributed by atoms with Gasteiger partial charge in [-0.3, -0.25) is 0 Å². The Hall–Kier alpha value is -2.59. The summed E-state index contributed by atoms with van der Waals surface area (Å²) < 4.78 is 0. The summed E-state index contributed by atoms with van der Waals surface area (Å²) in [5, 5.41) is 7.38. The van der Waals surface area contributed by atoms with Crippen LogP contribution in [0.15, 0.2) is 54.6 Å². The Labute approximate surface area is 153 Å². The lowest BCUT2D eigenvalue weighted by molar-refractivity contribution is 0.858. The molecule has 5 heteroatoms. The highest BCUT2D eigenvalue weighted by Gasteiger charge is 2.09. The van der Waals surface area contributed by atoms with Gasteiger partial charge in [-0.1, -0.05) is 48.0 Å². The number of anilines is 3. The highest BCUT2D eigenvalue weighted by Crippen LogP contribution is 2.24. The molecule has 0 spiro atoms. The van der Waals surface area contributed by atoms with Crippen LogP contribution in [0.1, 0.15) is 29.8 Å². The molecule has 1 aromatic heterocycles. The molecule has 0 aliphatic rings. The number of hydrogen-bond donors (Lipinski definition) is 2. The monoisotopic (exact) mass is 352 g/mol. The molecule has 0 fully saturated rings. The van der Waals surface area contributed by atoms with Gasteiger partial charge in [-0.25, -0.2) is 4.98 Å². The molecule has 4 nitrogen and oxygen atoms in total. The van der Waals surface area contributed by atoms with Crippen LogP contribution in [0.25, 0.3) is 0 Å². The Balaban J connectivity index is 1.79. The second kappa shape index (κ2) is 7.53. The van der Waals surface area contributed by atoms with Gasteiger partial charge in [0.25, 0.3) is 0 Å². The molecule has 0 aliphatic carbocycles. The third-order valence-corrected chi connectivity index (χ3v) is 4.35. The Morgan fingerprint density at radius 3 is 2.44 bits per heavy atom. The molecule has 25 heavy (non-hydrogen) atoms. The molecule has 3 aromatic rings. The molecule has 3 rings (SSSR count). The largest absolute Gasteiger partial charge is 0.348 e.